The topological polar surface area (TPSA) is 46.2 Å². The van der Waals surface area contributed by atoms with Gasteiger partial charge in [-0.3, -0.25) is 0 Å². The molecule has 114 valence electrons. The third-order valence-electron chi connectivity index (χ3n) is 2.32. The summed E-state index contributed by atoms with van der Waals surface area (Å²) in [5.41, 5.74) is -3.69. The number of sulfonamides is 1. The van der Waals surface area contributed by atoms with E-state index < -0.39 is 44.8 Å². The van der Waals surface area contributed by atoms with Crippen molar-refractivity contribution in [3.05, 3.63) is 34.9 Å². The first kappa shape index (κ1) is 16.8. The van der Waals surface area contributed by atoms with Gasteiger partial charge in [0.2, 0.25) is 10.0 Å². The summed E-state index contributed by atoms with van der Waals surface area (Å²) in [4.78, 5) is 0. The predicted octanol–water partition coefficient (Wildman–Crippen LogP) is 2.77. The van der Waals surface area contributed by atoms with Crippen molar-refractivity contribution in [2.24, 2.45) is 0 Å². The van der Waals surface area contributed by atoms with Crippen LogP contribution in [-0.4, -0.2) is 15.5 Å². The van der Waals surface area contributed by atoms with Crippen molar-refractivity contribution in [1.82, 2.24) is 4.72 Å². The molecule has 0 aromatic heterocycles. The lowest BCUT2D eigenvalue weighted by Crippen LogP contribution is -2.21. The van der Waals surface area contributed by atoms with E-state index in [9.17, 15) is 34.8 Å². The molecule has 0 atom stereocenters. The van der Waals surface area contributed by atoms with Crippen LogP contribution in [0.15, 0.2) is 18.2 Å². The van der Waals surface area contributed by atoms with Gasteiger partial charge in [0.15, 0.2) is 0 Å². The molecule has 0 bridgehead atoms. The third kappa shape index (κ3) is 4.37. The minimum atomic E-state index is -5.00. The fraction of sp³-hybridized carbons (Fsp3) is 0.400. The number of nitrogens with one attached hydrogen (secondary N) is 1. The zero-order chi connectivity index (χ0) is 15.8. The van der Waals surface area contributed by atoms with E-state index in [4.69, 9.17) is 0 Å². The zero-order valence-corrected chi connectivity index (χ0v) is 10.7. The minimum absolute atomic E-state index is 0.0600. The molecule has 0 fully saturated rings. The van der Waals surface area contributed by atoms with Crippen LogP contribution < -0.4 is 4.72 Å². The number of alkyl halides is 6. The molecule has 0 heterocycles. The third-order valence-corrected chi connectivity index (χ3v) is 3.65. The zero-order valence-electron chi connectivity index (χ0n) is 9.93. The van der Waals surface area contributed by atoms with Crippen molar-refractivity contribution in [2.75, 3.05) is 7.05 Å². The smallest absolute Gasteiger partial charge is 0.218 e. The van der Waals surface area contributed by atoms with E-state index in [0.717, 1.165) is 7.05 Å². The number of hydrogen-bond donors (Lipinski definition) is 1. The second kappa shape index (κ2) is 5.24. The normalized spacial score (nSPS) is 13.6. The van der Waals surface area contributed by atoms with E-state index in [-0.39, 0.29) is 6.07 Å². The molecule has 0 spiro atoms. The quantitative estimate of drug-likeness (QED) is 0.870. The fourth-order valence-corrected chi connectivity index (χ4v) is 2.14. The molecule has 0 unspecified atom stereocenters. The molecule has 0 aliphatic rings. The Morgan fingerprint density at radius 1 is 0.950 bits per heavy atom. The van der Waals surface area contributed by atoms with Crippen LogP contribution >= 0.6 is 0 Å². The summed E-state index contributed by atoms with van der Waals surface area (Å²) < 4.78 is 99.4. The molecule has 20 heavy (non-hydrogen) atoms. The van der Waals surface area contributed by atoms with Gasteiger partial charge in [0, 0.05) is 0 Å². The van der Waals surface area contributed by atoms with Crippen molar-refractivity contribution < 1.29 is 34.8 Å². The van der Waals surface area contributed by atoms with E-state index in [1.807, 2.05) is 4.72 Å². The van der Waals surface area contributed by atoms with Crippen molar-refractivity contribution in [3.8, 4) is 0 Å². The lowest BCUT2D eigenvalue weighted by Gasteiger charge is -2.14. The minimum Gasteiger partial charge on any atom is -0.218 e. The van der Waals surface area contributed by atoms with E-state index in [1.54, 1.807) is 0 Å². The summed E-state index contributed by atoms with van der Waals surface area (Å²) in [5.74, 6) is -0.976. The highest BCUT2D eigenvalue weighted by Crippen LogP contribution is 2.36. The fourth-order valence-electron chi connectivity index (χ4n) is 1.39. The molecular formula is C10H9F6NO2S. The first-order valence-corrected chi connectivity index (χ1v) is 6.70. The maximum atomic E-state index is 12.5. The molecule has 1 N–H and O–H groups in total. The molecule has 0 radical (unpaired) electrons. The van der Waals surface area contributed by atoms with Crippen molar-refractivity contribution in [3.63, 3.8) is 0 Å². The number of halogens is 6. The Bertz CT molecular complexity index is 558. The van der Waals surface area contributed by atoms with Crippen LogP contribution in [0.5, 0.6) is 0 Å². The van der Waals surface area contributed by atoms with Crippen LogP contribution in [0.2, 0.25) is 0 Å². The second-order valence-corrected chi connectivity index (χ2v) is 5.80. The summed E-state index contributed by atoms with van der Waals surface area (Å²) in [5, 5.41) is 0. The van der Waals surface area contributed by atoms with E-state index in [2.05, 4.69) is 0 Å². The van der Waals surface area contributed by atoms with Crippen LogP contribution in [0.1, 0.15) is 16.7 Å². The van der Waals surface area contributed by atoms with E-state index >= 15 is 0 Å². The van der Waals surface area contributed by atoms with E-state index in [1.165, 1.54) is 0 Å². The number of benzene rings is 1. The summed E-state index contributed by atoms with van der Waals surface area (Å²) >= 11 is 0. The number of rotatable bonds is 3. The van der Waals surface area contributed by atoms with E-state index in [0.29, 0.717) is 12.1 Å². The van der Waals surface area contributed by atoms with Crippen LogP contribution in [-0.2, 0) is 28.1 Å². The van der Waals surface area contributed by atoms with Gasteiger partial charge in [-0.25, -0.2) is 13.1 Å². The van der Waals surface area contributed by atoms with Crippen LogP contribution in [0.25, 0.3) is 0 Å². The van der Waals surface area contributed by atoms with Gasteiger partial charge in [-0.1, -0.05) is 0 Å². The maximum Gasteiger partial charge on any atom is 0.416 e. The molecule has 3 nitrogen and oxygen atoms in total. The molecular weight excluding hydrogens is 312 g/mol. The monoisotopic (exact) mass is 321 g/mol. The van der Waals surface area contributed by atoms with Crippen molar-refractivity contribution in [2.45, 2.75) is 18.1 Å². The SMILES string of the molecule is CNS(=O)(=O)Cc1cc(C(F)(F)F)cc(C(F)(F)F)c1. The van der Waals surface area contributed by atoms with Gasteiger partial charge < -0.3 is 0 Å². The highest BCUT2D eigenvalue weighted by atomic mass is 32.2. The summed E-state index contributed by atoms with van der Waals surface area (Å²) in [7, 11) is -2.97. The molecule has 10 heteroatoms. The molecule has 1 aromatic rings. The Balaban J connectivity index is 3.39. The predicted molar refractivity (Wildman–Crippen MR) is 58.1 cm³/mol. The first-order chi connectivity index (χ1) is 8.85. The largest absolute Gasteiger partial charge is 0.416 e. The Hall–Kier alpha value is -1.29. The van der Waals surface area contributed by atoms with Crippen LogP contribution in [0.4, 0.5) is 26.3 Å². The van der Waals surface area contributed by atoms with Gasteiger partial charge in [0.25, 0.3) is 0 Å². The molecule has 0 saturated carbocycles. The van der Waals surface area contributed by atoms with Gasteiger partial charge in [-0.2, -0.15) is 26.3 Å². The van der Waals surface area contributed by atoms with Crippen molar-refractivity contribution in [1.29, 1.82) is 0 Å². The van der Waals surface area contributed by atoms with Crippen LogP contribution in [0, 0.1) is 0 Å². The Morgan fingerprint density at radius 3 is 1.65 bits per heavy atom. The van der Waals surface area contributed by atoms with Crippen LogP contribution in [0.3, 0.4) is 0 Å². The van der Waals surface area contributed by atoms with Crippen molar-refractivity contribution >= 4 is 10.0 Å². The standard InChI is InChI=1S/C10H9F6NO2S/c1-17-20(18,19)5-6-2-7(9(11,12)13)4-8(3-6)10(14,15)16/h2-4,17H,5H2,1H3. The van der Waals surface area contributed by atoms with Gasteiger partial charge in [-0.05, 0) is 30.8 Å². The molecule has 1 aromatic carbocycles. The van der Waals surface area contributed by atoms with Gasteiger partial charge in [0.05, 0.1) is 16.9 Å². The molecule has 0 saturated heterocycles. The lowest BCUT2D eigenvalue weighted by molar-refractivity contribution is -0.143. The second-order valence-electron chi connectivity index (χ2n) is 3.88. The lowest BCUT2D eigenvalue weighted by atomic mass is 10.1. The summed E-state index contributed by atoms with van der Waals surface area (Å²) in [6, 6.07) is 0.698. The average Bonchev–Trinajstić information content (AvgIpc) is 2.25. The van der Waals surface area contributed by atoms with Gasteiger partial charge >= 0.3 is 12.4 Å². The molecule has 1 rings (SSSR count). The Labute approximate surface area is 110 Å². The Morgan fingerprint density at radius 2 is 1.35 bits per heavy atom. The summed E-state index contributed by atoms with van der Waals surface area (Å²) in [6.45, 7) is 0. The van der Waals surface area contributed by atoms with Gasteiger partial charge in [-0.15, -0.1) is 0 Å². The maximum absolute atomic E-state index is 12.5. The molecule has 0 amide bonds. The average molecular weight is 321 g/mol. The summed E-state index contributed by atoms with van der Waals surface area (Å²) in [6.07, 6.45) is -10.0. The molecule has 0 aliphatic heterocycles. The Kier molecular flexibility index (Phi) is 4.39. The molecule has 0 aliphatic carbocycles. The highest BCUT2D eigenvalue weighted by Gasteiger charge is 2.37. The first-order valence-electron chi connectivity index (χ1n) is 5.05. The highest BCUT2D eigenvalue weighted by molar-refractivity contribution is 7.88. The van der Waals surface area contributed by atoms with Gasteiger partial charge in [0.1, 0.15) is 0 Å². The number of hydrogen-bond acceptors (Lipinski definition) is 2.